The molecule has 0 saturated heterocycles. The lowest BCUT2D eigenvalue weighted by Crippen LogP contribution is -2.11. The summed E-state index contributed by atoms with van der Waals surface area (Å²) in [5.74, 6) is -1.04. The lowest BCUT2D eigenvalue weighted by atomic mass is 10.1. The van der Waals surface area contributed by atoms with Crippen LogP contribution < -0.4 is 4.74 Å². The van der Waals surface area contributed by atoms with Gasteiger partial charge in [-0.1, -0.05) is 52.4 Å². The third-order valence-corrected chi connectivity index (χ3v) is 4.11. The summed E-state index contributed by atoms with van der Waals surface area (Å²) in [5, 5.41) is 0. The molecule has 0 radical (unpaired) electrons. The molecule has 4 nitrogen and oxygen atoms in total. The number of carbonyl (C=O) groups excluding carboxylic acids is 2. The molecule has 1 rings (SSSR count). The first-order valence-corrected chi connectivity index (χ1v) is 9.71. The lowest BCUT2D eigenvalue weighted by Gasteiger charge is -2.11. The van der Waals surface area contributed by atoms with Crippen LogP contribution in [0.5, 0.6) is 5.75 Å². The van der Waals surface area contributed by atoms with Gasteiger partial charge in [-0.25, -0.2) is 4.39 Å². The van der Waals surface area contributed by atoms with E-state index in [4.69, 9.17) is 9.47 Å². The van der Waals surface area contributed by atoms with Gasteiger partial charge in [0.2, 0.25) is 0 Å². The van der Waals surface area contributed by atoms with Crippen molar-refractivity contribution in [2.75, 3.05) is 0 Å². The van der Waals surface area contributed by atoms with Gasteiger partial charge in [0.05, 0.1) is 0 Å². The predicted molar refractivity (Wildman–Crippen MR) is 99.3 cm³/mol. The highest BCUT2D eigenvalue weighted by Crippen LogP contribution is 2.22. The van der Waals surface area contributed by atoms with Gasteiger partial charge in [-0.15, -0.1) is 0 Å². The van der Waals surface area contributed by atoms with Crippen molar-refractivity contribution in [2.24, 2.45) is 0 Å². The molecule has 0 fully saturated rings. The van der Waals surface area contributed by atoms with Gasteiger partial charge in [0, 0.05) is 24.5 Å². The average Bonchev–Trinajstić information content (AvgIpc) is 2.62. The molecular weight excluding hydrogens is 335 g/mol. The molecule has 0 aliphatic rings. The Morgan fingerprint density at radius 1 is 0.885 bits per heavy atom. The minimum absolute atomic E-state index is 0.0225. The maximum absolute atomic E-state index is 13.5. The van der Waals surface area contributed by atoms with Crippen LogP contribution in [0.3, 0.4) is 0 Å². The van der Waals surface area contributed by atoms with Gasteiger partial charge in [-0.3, -0.25) is 9.59 Å². The van der Waals surface area contributed by atoms with Gasteiger partial charge >= 0.3 is 11.9 Å². The minimum Gasteiger partial charge on any atom is -0.461 e. The Hall–Kier alpha value is -1.91. The molecule has 0 spiro atoms. The van der Waals surface area contributed by atoms with Crippen molar-refractivity contribution in [3.63, 3.8) is 0 Å². The second kappa shape index (κ2) is 13.3. The Labute approximate surface area is 156 Å². The monoisotopic (exact) mass is 366 g/mol. The Kier molecular flexibility index (Phi) is 11.3. The number of rotatable bonds is 13. The molecule has 146 valence electrons. The van der Waals surface area contributed by atoms with Crippen LogP contribution in [0.25, 0.3) is 0 Å². The van der Waals surface area contributed by atoms with E-state index in [1.54, 1.807) is 0 Å². The van der Waals surface area contributed by atoms with Crippen LogP contribution in [-0.2, 0) is 20.9 Å². The van der Waals surface area contributed by atoms with Crippen molar-refractivity contribution < 1.29 is 23.5 Å². The van der Waals surface area contributed by atoms with Crippen LogP contribution in [-0.4, -0.2) is 11.9 Å². The number of carbonyl (C=O) groups is 2. The van der Waals surface area contributed by atoms with E-state index in [2.05, 4.69) is 13.8 Å². The maximum atomic E-state index is 13.5. The zero-order valence-electron chi connectivity index (χ0n) is 16.0. The molecule has 0 saturated carbocycles. The maximum Gasteiger partial charge on any atom is 0.311 e. The van der Waals surface area contributed by atoms with Crippen molar-refractivity contribution in [1.29, 1.82) is 0 Å². The van der Waals surface area contributed by atoms with Crippen molar-refractivity contribution in [3.8, 4) is 5.75 Å². The lowest BCUT2D eigenvalue weighted by molar-refractivity contribution is -0.145. The van der Waals surface area contributed by atoms with Gasteiger partial charge in [-0.05, 0) is 25.0 Å². The molecule has 0 aromatic heterocycles. The zero-order valence-corrected chi connectivity index (χ0v) is 16.0. The molecule has 0 heterocycles. The van der Waals surface area contributed by atoms with Crippen LogP contribution in [0, 0.1) is 5.82 Å². The smallest absolute Gasteiger partial charge is 0.311 e. The van der Waals surface area contributed by atoms with E-state index in [0.717, 1.165) is 57.4 Å². The summed E-state index contributed by atoms with van der Waals surface area (Å²) in [7, 11) is 0. The summed E-state index contributed by atoms with van der Waals surface area (Å²) in [6.07, 6.45) is 8.57. The topological polar surface area (TPSA) is 52.6 Å². The number of hydrogen-bond donors (Lipinski definition) is 0. The Balaban J connectivity index is 2.50. The minimum atomic E-state index is -0.492. The van der Waals surface area contributed by atoms with Crippen LogP contribution in [0.2, 0.25) is 0 Å². The summed E-state index contributed by atoms with van der Waals surface area (Å²) >= 11 is 0. The average molecular weight is 366 g/mol. The fraction of sp³-hybridized carbons (Fsp3) is 0.619. The number of halogens is 1. The molecule has 0 amide bonds. The number of unbranched alkanes of at least 4 members (excludes halogenated alkanes) is 6. The molecule has 1 aromatic rings. The normalized spacial score (nSPS) is 10.6. The van der Waals surface area contributed by atoms with Gasteiger partial charge in [0.15, 0.2) is 0 Å². The second-order valence-corrected chi connectivity index (χ2v) is 6.51. The highest BCUT2D eigenvalue weighted by Gasteiger charge is 2.13. The molecular formula is C21H31FO4. The largest absolute Gasteiger partial charge is 0.461 e. The second-order valence-electron chi connectivity index (χ2n) is 6.51. The molecule has 0 aliphatic heterocycles. The number of hydrogen-bond acceptors (Lipinski definition) is 4. The van der Waals surface area contributed by atoms with E-state index in [-0.39, 0.29) is 24.3 Å². The van der Waals surface area contributed by atoms with E-state index >= 15 is 0 Å². The van der Waals surface area contributed by atoms with Crippen LogP contribution >= 0.6 is 0 Å². The summed E-state index contributed by atoms with van der Waals surface area (Å²) < 4.78 is 24.0. The van der Waals surface area contributed by atoms with E-state index in [9.17, 15) is 14.0 Å². The first-order chi connectivity index (χ1) is 12.6. The number of benzene rings is 1. The van der Waals surface area contributed by atoms with E-state index in [0.29, 0.717) is 18.4 Å². The third-order valence-electron chi connectivity index (χ3n) is 4.11. The van der Waals surface area contributed by atoms with Crippen molar-refractivity contribution in [1.82, 2.24) is 0 Å². The molecule has 26 heavy (non-hydrogen) atoms. The quantitative estimate of drug-likeness (QED) is 0.255. The molecule has 0 N–H and O–H groups in total. The molecule has 0 atom stereocenters. The first kappa shape index (κ1) is 22.1. The van der Waals surface area contributed by atoms with E-state index in [1.165, 1.54) is 12.1 Å². The molecule has 5 heteroatoms. The summed E-state index contributed by atoms with van der Waals surface area (Å²) in [6.45, 7) is 4.19. The molecule has 1 aromatic carbocycles. The van der Waals surface area contributed by atoms with Gasteiger partial charge in [0.25, 0.3) is 0 Å². The predicted octanol–water partition coefficient (Wildman–Crippen LogP) is 5.72. The van der Waals surface area contributed by atoms with Crippen LogP contribution in [0.15, 0.2) is 18.2 Å². The summed E-state index contributed by atoms with van der Waals surface area (Å²) in [4.78, 5) is 23.7. The molecule has 0 unspecified atom stereocenters. The Morgan fingerprint density at radius 2 is 1.50 bits per heavy atom. The highest BCUT2D eigenvalue weighted by atomic mass is 19.1. The Morgan fingerprint density at radius 3 is 2.12 bits per heavy atom. The Bertz CT molecular complexity index is 557. The highest BCUT2D eigenvalue weighted by molar-refractivity contribution is 5.73. The summed E-state index contributed by atoms with van der Waals surface area (Å²) in [5.41, 5.74) is 0.496. The fourth-order valence-corrected chi connectivity index (χ4v) is 2.54. The van der Waals surface area contributed by atoms with Crippen molar-refractivity contribution >= 4 is 11.9 Å². The fourth-order valence-electron chi connectivity index (χ4n) is 2.54. The van der Waals surface area contributed by atoms with E-state index in [1.807, 2.05) is 0 Å². The molecule has 0 bridgehead atoms. The standard InChI is InChI=1S/C21H31FO4/c1-3-5-7-9-11-20(23)25-16-17-13-14-18(22)15-19(17)26-21(24)12-10-8-6-4-2/h13-15H,3-12,16H2,1-2H3. The van der Waals surface area contributed by atoms with Crippen molar-refractivity contribution in [3.05, 3.63) is 29.6 Å². The van der Waals surface area contributed by atoms with Crippen LogP contribution in [0.4, 0.5) is 4.39 Å². The van der Waals surface area contributed by atoms with Gasteiger partial charge < -0.3 is 9.47 Å². The summed E-state index contributed by atoms with van der Waals surface area (Å²) in [6, 6.07) is 3.91. The van der Waals surface area contributed by atoms with E-state index < -0.39 is 5.82 Å². The van der Waals surface area contributed by atoms with Gasteiger partial charge in [-0.2, -0.15) is 0 Å². The van der Waals surface area contributed by atoms with Crippen molar-refractivity contribution in [2.45, 2.75) is 84.7 Å². The number of ether oxygens (including phenoxy) is 2. The third kappa shape index (κ3) is 9.54. The van der Waals surface area contributed by atoms with Gasteiger partial charge in [0.1, 0.15) is 18.2 Å². The van der Waals surface area contributed by atoms with Crippen LogP contribution in [0.1, 0.15) is 83.6 Å². The molecule has 0 aliphatic carbocycles. The first-order valence-electron chi connectivity index (χ1n) is 9.71. The zero-order chi connectivity index (χ0) is 19.2. The number of esters is 2. The SMILES string of the molecule is CCCCCCC(=O)OCc1ccc(F)cc1OC(=O)CCCCCC.